The number of hydrogen-bond donors (Lipinski definition) is 0. The molecule has 24 heavy (non-hydrogen) atoms. The van der Waals surface area contributed by atoms with Gasteiger partial charge in [-0.1, -0.05) is 69.8 Å². The van der Waals surface area contributed by atoms with Crippen molar-refractivity contribution >= 4 is 16.3 Å². The highest BCUT2D eigenvalue weighted by molar-refractivity contribution is 6.02. The maximum absolute atomic E-state index is 4.87. The molecule has 0 N–H and O–H groups in total. The van der Waals surface area contributed by atoms with Crippen molar-refractivity contribution in [2.75, 3.05) is 0 Å². The summed E-state index contributed by atoms with van der Waals surface area (Å²) in [6.07, 6.45) is 0. The van der Waals surface area contributed by atoms with E-state index in [1.807, 2.05) is 13.0 Å². The predicted molar refractivity (Wildman–Crippen MR) is 105 cm³/mol. The van der Waals surface area contributed by atoms with Crippen LogP contribution < -0.4 is 0 Å². The highest BCUT2D eigenvalue weighted by Crippen LogP contribution is 2.37. The molecule has 0 amide bonds. The van der Waals surface area contributed by atoms with E-state index in [0.717, 1.165) is 17.0 Å². The summed E-state index contributed by atoms with van der Waals surface area (Å²) in [5.74, 6) is 0. The van der Waals surface area contributed by atoms with Crippen molar-refractivity contribution in [1.82, 2.24) is 4.98 Å². The number of nitrogens with zero attached hydrogens (tertiary/aromatic N) is 1. The van der Waals surface area contributed by atoms with Gasteiger partial charge < -0.3 is 0 Å². The molecule has 0 saturated heterocycles. The molecule has 0 atom stereocenters. The Morgan fingerprint density at radius 1 is 0.958 bits per heavy atom. The number of fused-ring (bicyclic) bond motifs is 1. The molecule has 0 radical (unpaired) electrons. The first-order valence-corrected chi connectivity index (χ1v) is 8.45. The van der Waals surface area contributed by atoms with Crippen molar-refractivity contribution in [3.8, 4) is 11.1 Å². The van der Waals surface area contributed by atoms with Crippen LogP contribution in [0.3, 0.4) is 0 Å². The summed E-state index contributed by atoms with van der Waals surface area (Å²) < 4.78 is 0. The second-order valence-corrected chi connectivity index (χ2v) is 7.58. The lowest BCUT2D eigenvalue weighted by molar-refractivity contribution is 0.591. The van der Waals surface area contributed by atoms with Gasteiger partial charge in [0.2, 0.25) is 0 Å². The van der Waals surface area contributed by atoms with Crippen LogP contribution in [0.5, 0.6) is 0 Å². The van der Waals surface area contributed by atoms with Gasteiger partial charge in [0.25, 0.3) is 0 Å². The molecular formula is C23H25N. The van der Waals surface area contributed by atoms with Crippen LogP contribution >= 0.6 is 0 Å². The fourth-order valence-electron chi connectivity index (χ4n) is 3.15. The maximum atomic E-state index is 4.87. The number of rotatable bonds is 2. The molecule has 1 nitrogen and oxygen atoms in total. The van der Waals surface area contributed by atoms with E-state index in [2.05, 4.69) is 76.7 Å². The van der Waals surface area contributed by atoms with Crippen LogP contribution in [0.1, 0.15) is 44.6 Å². The van der Waals surface area contributed by atoms with Gasteiger partial charge >= 0.3 is 0 Å². The SMILES string of the molecule is C=C(C)c1nc(C)c2ccc(C(C)(C)C)cc2c1-c1ccccc1. The van der Waals surface area contributed by atoms with Crippen LogP contribution in [0.2, 0.25) is 0 Å². The Hall–Kier alpha value is -2.41. The molecule has 3 aromatic rings. The zero-order valence-corrected chi connectivity index (χ0v) is 15.3. The van der Waals surface area contributed by atoms with E-state index < -0.39 is 0 Å². The number of pyridine rings is 1. The lowest BCUT2D eigenvalue weighted by atomic mass is 9.84. The maximum Gasteiger partial charge on any atom is 0.0740 e. The molecule has 3 rings (SSSR count). The van der Waals surface area contributed by atoms with Crippen LogP contribution in [0.4, 0.5) is 0 Å². The summed E-state index contributed by atoms with van der Waals surface area (Å²) in [6.45, 7) is 15.0. The standard InChI is InChI=1S/C23H25N/c1-15(2)22-21(17-10-8-7-9-11-17)20-14-18(23(4,5)6)12-13-19(20)16(3)24-22/h7-14H,1H2,2-6H3. The Morgan fingerprint density at radius 3 is 2.21 bits per heavy atom. The second kappa shape index (κ2) is 5.90. The molecule has 1 aromatic heterocycles. The molecule has 0 saturated carbocycles. The third-order valence-corrected chi connectivity index (χ3v) is 4.53. The molecule has 1 heteroatoms. The van der Waals surface area contributed by atoms with Gasteiger partial charge in [0.05, 0.1) is 5.69 Å². The van der Waals surface area contributed by atoms with Crippen molar-refractivity contribution in [2.45, 2.75) is 40.0 Å². The average Bonchev–Trinajstić information content (AvgIpc) is 2.54. The average molecular weight is 315 g/mol. The molecule has 0 fully saturated rings. The molecular weight excluding hydrogens is 290 g/mol. The number of benzene rings is 2. The molecule has 0 spiro atoms. The van der Waals surface area contributed by atoms with Gasteiger partial charge in [0.15, 0.2) is 0 Å². The van der Waals surface area contributed by atoms with Gasteiger partial charge in [-0.25, -0.2) is 0 Å². The van der Waals surface area contributed by atoms with Crippen molar-refractivity contribution in [1.29, 1.82) is 0 Å². The fraction of sp³-hybridized carbons (Fsp3) is 0.261. The van der Waals surface area contributed by atoms with Gasteiger partial charge in [-0.2, -0.15) is 0 Å². The molecule has 0 bridgehead atoms. The largest absolute Gasteiger partial charge is 0.252 e. The Bertz CT molecular complexity index is 912. The van der Waals surface area contributed by atoms with Crippen molar-refractivity contribution < 1.29 is 0 Å². The van der Waals surface area contributed by atoms with E-state index in [-0.39, 0.29) is 5.41 Å². The van der Waals surface area contributed by atoms with Crippen LogP contribution in [-0.4, -0.2) is 4.98 Å². The quantitative estimate of drug-likeness (QED) is 0.523. The van der Waals surface area contributed by atoms with E-state index >= 15 is 0 Å². The van der Waals surface area contributed by atoms with Crippen molar-refractivity contribution in [2.24, 2.45) is 0 Å². The highest BCUT2D eigenvalue weighted by Gasteiger charge is 2.18. The smallest absolute Gasteiger partial charge is 0.0740 e. The van der Waals surface area contributed by atoms with E-state index in [1.165, 1.54) is 27.5 Å². The van der Waals surface area contributed by atoms with Crippen LogP contribution in [0.25, 0.3) is 27.5 Å². The molecule has 0 aliphatic heterocycles. The summed E-state index contributed by atoms with van der Waals surface area (Å²) in [6, 6.07) is 17.3. The van der Waals surface area contributed by atoms with Gasteiger partial charge in [-0.05, 0) is 47.4 Å². The number of aromatic nitrogens is 1. The van der Waals surface area contributed by atoms with Crippen LogP contribution in [0, 0.1) is 6.92 Å². The van der Waals surface area contributed by atoms with Crippen molar-refractivity contribution in [3.05, 3.63) is 72.1 Å². The number of aryl methyl sites for hydroxylation is 1. The summed E-state index contributed by atoms with van der Waals surface area (Å²) in [5, 5.41) is 2.48. The van der Waals surface area contributed by atoms with Gasteiger partial charge in [0, 0.05) is 16.6 Å². The van der Waals surface area contributed by atoms with E-state index in [9.17, 15) is 0 Å². The fourth-order valence-corrected chi connectivity index (χ4v) is 3.15. The summed E-state index contributed by atoms with van der Waals surface area (Å²) in [5.41, 5.74) is 6.89. The minimum atomic E-state index is 0.114. The third-order valence-electron chi connectivity index (χ3n) is 4.53. The van der Waals surface area contributed by atoms with Crippen LogP contribution in [-0.2, 0) is 5.41 Å². The summed E-state index contributed by atoms with van der Waals surface area (Å²) in [4.78, 5) is 4.87. The Morgan fingerprint density at radius 2 is 1.62 bits per heavy atom. The lowest BCUT2D eigenvalue weighted by Crippen LogP contribution is -2.11. The highest BCUT2D eigenvalue weighted by atomic mass is 14.7. The minimum Gasteiger partial charge on any atom is -0.252 e. The van der Waals surface area contributed by atoms with Crippen molar-refractivity contribution in [3.63, 3.8) is 0 Å². The minimum absolute atomic E-state index is 0.114. The van der Waals surface area contributed by atoms with Gasteiger partial charge in [-0.15, -0.1) is 0 Å². The normalized spacial score (nSPS) is 11.7. The first kappa shape index (κ1) is 16.4. The molecule has 2 aromatic carbocycles. The second-order valence-electron chi connectivity index (χ2n) is 7.58. The monoisotopic (exact) mass is 315 g/mol. The lowest BCUT2D eigenvalue weighted by Gasteiger charge is -2.22. The zero-order valence-electron chi connectivity index (χ0n) is 15.3. The zero-order chi connectivity index (χ0) is 17.5. The summed E-state index contributed by atoms with van der Waals surface area (Å²) >= 11 is 0. The Labute approximate surface area is 145 Å². The molecule has 122 valence electrons. The summed E-state index contributed by atoms with van der Waals surface area (Å²) in [7, 11) is 0. The third kappa shape index (κ3) is 2.87. The Kier molecular flexibility index (Phi) is 4.04. The molecule has 1 heterocycles. The predicted octanol–water partition coefficient (Wildman–Crippen LogP) is 6.54. The van der Waals surface area contributed by atoms with E-state index in [4.69, 9.17) is 4.98 Å². The van der Waals surface area contributed by atoms with Gasteiger partial charge in [-0.3, -0.25) is 4.98 Å². The topological polar surface area (TPSA) is 12.9 Å². The first-order valence-electron chi connectivity index (χ1n) is 8.45. The number of hydrogen-bond acceptors (Lipinski definition) is 1. The molecule has 0 aliphatic carbocycles. The van der Waals surface area contributed by atoms with Crippen LogP contribution in [0.15, 0.2) is 55.1 Å². The Balaban J connectivity index is 2.46. The molecule has 0 aliphatic rings. The van der Waals surface area contributed by atoms with Gasteiger partial charge in [0.1, 0.15) is 0 Å². The van der Waals surface area contributed by atoms with E-state index in [0.29, 0.717) is 0 Å². The first-order chi connectivity index (χ1) is 11.3. The molecule has 0 unspecified atom stereocenters. The number of allylic oxidation sites excluding steroid dienone is 1. The van der Waals surface area contributed by atoms with E-state index in [1.54, 1.807) is 0 Å².